The van der Waals surface area contributed by atoms with Crippen LogP contribution in [0.15, 0.2) is 42.5 Å². The minimum absolute atomic E-state index is 0.0979. The maximum atomic E-state index is 6.33. The molecule has 3 rings (SSSR count). The van der Waals surface area contributed by atoms with Gasteiger partial charge in [-0.3, -0.25) is 0 Å². The van der Waals surface area contributed by atoms with E-state index in [9.17, 15) is 0 Å². The van der Waals surface area contributed by atoms with E-state index in [4.69, 9.17) is 17.3 Å². The van der Waals surface area contributed by atoms with Crippen molar-refractivity contribution in [3.05, 3.63) is 58.6 Å². The molecule has 0 amide bonds. The molecule has 3 nitrogen and oxygen atoms in total. The molecular formula is C17H20ClN3. The number of hydrogen-bond acceptors (Lipinski definition) is 3. The zero-order chi connectivity index (χ0) is 15.0. The van der Waals surface area contributed by atoms with Crippen LogP contribution in [-0.2, 0) is 0 Å². The third-order valence-electron chi connectivity index (χ3n) is 4.02. The number of para-hydroxylation sites is 1. The van der Waals surface area contributed by atoms with Gasteiger partial charge in [0.2, 0.25) is 0 Å². The van der Waals surface area contributed by atoms with Crippen molar-refractivity contribution >= 4 is 23.0 Å². The van der Waals surface area contributed by atoms with Gasteiger partial charge < -0.3 is 16.0 Å². The molecule has 0 radical (unpaired) electrons. The lowest BCUT2D eigenvalue weighted by Crippen LogP contribution is -2.15. The van der Waals surface area contributed by atoms with Gasteiger partial charge in [-0.1, -0.05) is 41.9 Å². The first-order chi connectivity index (χ1) is 10.1. The Kier molecular flexibility index (Phi) is 3.79. The number of hydrogen-bond donors (Lipinski definition) is 2. The summed E-state index contributed by atoms with van der Waals surface area (Å²) in [4.78, 5) is 2.03. The molecular weight excluding hydrogens is 282 g/mol. The summed E-state index contributed by atoms with van der Waals surface area (Å²) in [7, 11) is 4.00. The number of nitrogens with one attached hydrogen (secondary N) is 1. The van der Waals surface area contributed by atoms with Gasteiger partial charge in [-0.15, -0.1) is 0 Å². The Morgan fingerprint density at radius 3 is 2.52 bits per heavy atom. The Balaban J connectivity index is 1.94. The second-order valence-electron chi connectivity index (χ2n) is 5.70. The van der Waals surface area contributed by atoms with Crippen molar-refractivity contribution in [2.24, 2.45) is 5.73 Å². The average molecular weight is 302 g/mol. The highest BCUT2D eigenvalue weighted by molar-refractivity contribution is 6.34. The van der Waals surface area contributed by atoms with Gasteiger partial charge in [0.05, 0.1) is 22.4 Å². The van der Waals surface area contributed by atoms with E-state index in [2.05, 4.69) is 29.6 Å². The van der Waals surface area contributed by atoms with Crippen LogP contribution in [0.5, 0.6) is 0 Å². The molecule has 110 valence electrons. The molecule has 0 bridgehead atoms. The van der Waals surface area contributed by atoms with Crippen LogP contribution in [0.3, 0.4) is 0 Å². The van der Waals surface area contributed by atoms with Gasteiger partial charge in [0.25, 0.3) is 0 Å². The van der Waals surface area contributed by atoms with E-state index >= 15 is 0 Å². The number of anilines is 2. The summed E-state index contributed by atoms with van der Waals surface area (Å²) in [6.45, 7) is 0. The molecule has 0 spiro atoms. The Hall–Kier alpha value is -1.71. The summed E-state index contributed by atoms with van der Waals surface area (Å²) >= 11 is 6.33. The van der Waals surface area contributed by atoms with Gasteiger partial charge in [0.15, 0.2) is 0 Å². The normalized spacial score (nSPS) is 20.2. The minimum atomic E-state index is 0.0979. The van der Waals surface area contributed by atoms with Crippen LogP contribution >= 0.6 is 11.6 Å². The van der Waals surface area contributed by atoms with Crippen molar-refractivity contribution in [2.75, 3.05) is 24.3 Å². The molecule has 2 unspecified atom stereocenters. The Morgan fingerprint density at radius 1 is 1.10 bits per heavy atom. The monoisotopic (exact) mass is 301 g/mol. The van der Waals surface area contributed by atoms with E-state index in [1.807, 2.05) is 37.2 Å². The second-order valence-corrected chi connectivity index (χ2v) is 6.11. The summed E-state index contributed by atoms with van der Waals surface area (Å²) < 4.78 is 0. The van der Waals surface area contributed by atoms with Crippen molar-refractivity contribution in [3.63, 3.8) is 0 Å². The lowest BCUT2D eigenvalue weighted by Gasteiger charge is -2.23. The van der Waals surface area contributed by atoms with Gasteiger partial charge >= 0.3 is 0 Å². The quantitative estimate of drug-likeness (QED) is 0.901. The predicted molar refractivity (Wildman–Crippen MR) is 90.1 cm³/mol. The van der Waals surface area contributed by atoms with E-state index in [-0.39, 0.29) is 12.1 Å². The molecule has 21 heavy (non-hydrogen) atoms. The molecule has 0 heterocycles. The van der Waals surface area contributed by atoms with Crippen molar-refractivity contribution in [2.45, 2.75) is 18.5 Å². The fourth-order valence-corrected chi connectivity index (χ4v) is 3.43. The lowest BCUT2D eigenvalue weighted by molar-refractivity contribution is 0.648. The average Bonchev–Trinajstić information content (AvgIpc) is 2.76. The van der Waals surface area contributed by atoms with Crippen LogP contribution in [-0.4, -0.2) is 14.1 Å². The first kappa shape index (κ1) is 14.2. The van der Waals surface area contributed by atoms with E-state index in [1.54, 1.807) is 0 Å². The summed E-state index contributed by atoms with van der Waals surface area (Å²) in [5.74, 6) is 0. The second kappa shape index (κ2) is 5.58. The minimum Gasteiger partial charge on any atom is -0.376 e. The molecule has 2 aromatic rings. The largest absolute Gasteiger partial charge is 0.376 e. The van der Waals surface area contributed by atoms with Crippen LogP contribution in [0.4, 0.5) is 11.4 Å². The molecule has 2 aromatic carbocycles. The SMILES string of the molecule is CN(C)c1c(Cl)cccc1NC1CC(N)c2ccccc21. The lowest BCUT2D eigenvalue weighted by atomic mass is 10.1. The van der Waals surface area contributed by atoms with Crippen molar-refractivity contribution in [1.29, 1.82) is 0 Å². The van der Waals surface area contributed by atoms with Gasteiger partial charge in [-0.05, 0) is 29.7 Å². The number of nitrogens with zero attached hydrogens (tertiary/aromatic N) is 1. The number of rotatable bonds is 3. The highest BCUT2D eigenvalue weighted by atomic mass is 35.5. The third kappa shape index (κ3) is 2.59. The van der Waals surface area contributed by atoms with Crippen LogP contribution in [0.2, 0.25) is 5.02 Å². The van der Waals surface area contributed by atoms with Crippen molar-refractivity contribution in [1.82, 2.24) is 0 Å². The van der Waals surface area contributed by atoms with Gasteiger partial charge in [0, 0.05) is 20.1 Å². The fraction of sp³-hybridized carbons (Fsp3) is 0.294. The van der Waals surface area contributed by atoms with Gasteiger partial charge in [0.1, 0.15) is 0 Å². The fourth-order valence-electron chi connectivity index (χ4n) is 3.08. The molecule has 1 aliphatic rings. The Bertz CT molecular complexity index is 654. The molecule has 0 fully saturated rings. The highest BCUT2D eigenvalue weighted by Crippen LogP contribution is 2.41. The molecule has 3 N–H and O–H groups in total. The number of fused-ring (bicyclic) bond motifs is 1. The summed E-state index contributed by atoms with van der Waals surface area (Å²) in [6.07, 6.45) is 0.902. The van der Waals surface area contributed by atoms with Crippen LogP contribution in [0.1, 0.15) is 29.6 Å². The molecule has 2 atom stereocenters. The van der Waals surface area contributed by atoms with Gasteiger partial charge in [-0.2, -0.15) is 0 Å². The zero-order valence-corrected chi connectivity index (χ0v) is 13.1. The Labute approximate surface area is 130 Å². The standard InChI is InChI=1S/C17H20ClN3/c1-21(2)17-13(18)8-5-9-15(17)20-16-10-14(19)11-6-3-4-7-12(11)16/h3-9,14,16,20H,10,19H2,1-2H3. The smallest absolute Gasteiger partial charge is 0.0786 e. The molecule has 0 aliphatic heterocycles. The summed E-state index contributed by atoms with van der Waals surface area (Å²) in [5.41, 5.74) is 10.8. The number of nitrogens with two attached hydrogens (primary N) is 1. The first-order valence-corrected chi connectivity index (χ1v) is 7.52. The summed E-state index contributed by atoms with van der Waals surface area (Å²) in [6, 6.07) is 14.7. The third-order valence-corrected chi connectivity index (χ3v) is 4.33. The number of halogens is 1. The van der Waals surface area contributed by atoms with E-state index in [0.29, 0.717) is 0 Å². The van der Waals surface area contributed by atoms with E-state index in [0.717, 1.165) is 22.8 Å². The Morgan fingerprint density at radius 2 is 1.81 bits per heavy atom. The topological polar surface area (TPSA) is 41.3 Å². The molecule has 1 aliphatic carbocycles. The molecule has 4 heteroatoms. The van der Waals surface area contributed by atoms with E-state index < -0.39 is 0 Å². The zero-order valence-electron chi connectivity index (χ0n) is 12.3. The van der Waals surface area contributed by atoms with Gasteiger partial charge in [-0.25, -0.2) is 0 Å². The van der Waals surface area contributed by atoms with E-state index in [1.165, 1.54) is 11.1 Å². The predicted octanol–water partition coefficient (Wildman–Crippen LogP) is 3.96. The summed E-state index contributed by atoms with van der Waals surface area (Å²) in [5, 5.41) is 4.36. The molecule has 0 saturated heterocycles. The van der Waals surface area contributed by atoms with Crippen LogP contribution in [0.25, 0.3) is 0 Å². The van der Waals surface area contributed by atoms with Crippen LogP contribution < -0.4 is 16.0 Å². The number of benzene rings is 2. The maximum absolute atomic E-state index is 6.33. The molecule has 0 saturated carbocycles. The van der Waals surface area contributed by atoms with Crippen LogP contribution in [0, 0.1) is 0 Å². The van der Waals surface area contributed by atoms with Crippen molar-refractivity contribution < 1.29 is 0 Å². The molecule has 0 aromatic heterocycles. The van der Waals surface area contributed by atoms with Crippen molar-refractivity contribution in [3.8, 4) is 0 Å². The highest BCUT2D eigenvalue weighted by Gasteiger charge is 2.28. The first-order valence-electron chi connectivity index (χ1n) is 7.14. The maximum Gasteiger partial charge on any atom is 0.0786 e.